The minimum absolute atomic E-state index is 0.416. The van der Waals surface area contributed by atoms with Gasteiger partial charge >= 0.3 is 0 Å². The molecule has 6 nitrogen and oxygen atoms in total. The molecule has 0 bridgehead atoms. The number of aromatic nitrogens is 3. The molecular formula is C29H36N6. The molecular weight excluding hydrogens is 432 g/mol. The predicted molar refractivity (Wildman–Crippen MR) is 144 cm³/mol. The highest BCUT2D eigenvalue weighted by Crippen LogP contribution is 2.28. The Hall–Kier alpha value is -3.14. The Morgan fingerprint density at radius 1 is 1.06 bits per heavy atom. The Morgan fingerprint density at radius 2 is 1.89 bits per heavy atom. The minimum Gasteiger partial charge on any atom is -0.381 e. The lowest BCUT2D eigenvalue weighted by atomic mass is 10.0. The Bertz CT molecular complexity index is 1220. The standard InChI is InChI=1S/C29H36N6/c1-3-4-12-34-15-10-26(11-16-34)31-22(2)29-27-18-24(8-9-28(27)32-33-29)25-17-23(19-30-20-25)21-35-13-6-5-7-14-35/h8-9,17-20,26,31H,2,5-7,10-16,21H2,1H3,(H,32,33). The van der Waals surface area contributed by atoms with Crippen LogP contribution < -0.4 is 5.32 Å². The predicted octanol–water partition coefficient (Wildman–Crippen LogP) is 4.66. The monoisotopic (exact) mass is 468 g/mol. The van der Waals surface area contributed by atoms with E-state index in [1.54, 1.807) is 0 Å². The van der Waals surface area contributed by atoms with E-state index in [2.05, 4.69) is 73.0 Å². The van der Waals surface area contributed by atoms with Gasteiger partial charge in [-0.25, -0.2) is 0 Å². The SMILES string of the molecule is C=C(NC1CCN(CC#CC)CC1)c1n[nH]c2ccc(-c3cncc(CN4CCCCC4)c3)cc12. The van der Waals surface area contributed by atoms with E-state index in [1.807, 2.05) is 19.3 Å². The van der Waals surface area contributed by atoms with Gasteiger partial charge in [-0.15, -0.1) is 5.92 Å². The first-order chi connectivity index (χ1) is 17.2. The van der Waals surface area contributed by atoms with Gasteiger partial charge in [0.2, 0.25) is 0 Å². The van der Waals surface area contributed by atoms with Gasteiger partial charge in [0, 0.05) is 49.0 Å². The minimum atomic E-state index is 0.416. The fraction of sp³-hybridized carbons (Fsp3) is 0.448. The van der Waals surface area contributed by atoms with Gasteiger partial charge in [-0.05, 0) is 75.0 Å². The number of nitrogens with zero attached hydrogens (tertiary/aromatic N) is 4. The number of piperidine rings is 2. The van der Waals surface area contributed by atoms with E-state index in [0.717, 1.165) is 72.4 Å². The smallest absolute Gasteiger partial charge is 0.115 e. The summed E-state index contributed by atoms with van der Waals surface area (Å²) in [6.07, 6.45) is 10.1. The molecule has 0 amide bonds. The molecule has 2 aliphatic rings. The summed E-state index contributed by atoms with van der Waals surface area (Å²) >= 11 is 0. The number of benzene rings is 1. The zero-order valence-electron chi connectivity index (χ0n) is 20.8. The quantitative estimate of drug-likeness (QED) is 0.494. The molecule has 6 heteroatoms. The fourth-order valence-corrected chi connectivity index (χ4v) is 5.27. The number of fused-ring (bicyclic) bond motifs is 1. The Labute approximate surface area is 208 Å². The summed E-state index contributed by atoms with van der Waals surface area (Å²) in [5.74, 6) is 6.17. The van der Waals surface area contributed by atoms with Crippen molar-refractivity contribution in [2.24, 2.45) is 0 Å². The Kier molecular flexibility index (Phi) is 7.46. The molecule has 2 N–H and O–H groups in total. The van der Waals surface area contributed by atoms with Crippen LogP contribution in [0.25, 0.3) is 27.7 Å². The molecule has 0 atom stereocenters. The van der Waals surface area contributed by atoms with Crippen molar-refractivity contribution >= 4 is 16.6 Å². The highest BCUT2D eigenvalue weighted by Gasteiger charge is 2.20. The van der Waals surface area contributed by atoms with Crippen LogP contribution in [0.3, 0.4) is 0 Å². The van der Waals surface area contributed by atoms with Crippen LogP contribution in [0.2, 0.25) is 0 Å². The first-order valence-electron chi connectivity index (χ1n) is 12.9. The molecule has 0 spiro atoms. The van der Waals surface area contributed by atoms with Gasteiger partial charge in [0.15, 0.2) is 0 Å². The molecule has 35 heavy (non-hydrogen) atoms. The molecule has 0 unspecified atom stereocenters. The summed E-state index contributed by atoms with van der Waals surface area (Å²) in [5.41, 5.74) is 6.40. The number of aromatic amines is 1. The first kappa shape index (κ1) is 23.6. The molecule has 182 valence electrons. The number of rotatable bonds is 7. The third kappa shape index (κ3) is 5.75. The van der Waals surface area contributed by atoms with Gasteiger partial charge in [-0.1, -0.05) is 25.0 Å². The average Bonchev–Trinajstić information content (AvgIpc) is 3.33. The van der Waals surface area contributed by atoms with Crippen molar-refractivity contribution < 1.29 is 0 Å². The summed E-state index contributed by atoms with van der Waals surface area (Å²) in [4.78, 5) is 9.52. The fourth-order valence-electron chi connectivity index (χ4n) is 5.27. The number of hydrogen-bond donors (Lipinski definition) is 2. The summed E-state index contributed by atoms with van der Waals surface area (Å²) in [6, 6.07) is 9.18. The zero-order chi connectivity index (χ0) is 24.0. The molecule has 3 aromatic rings. The van der Waals surface area contributed by atoms with E-state index >= 15 is 0 Å². The van der Waals surface area contributed by atoms with Gasteiger partial charge < -0.3 is 5.32 Å². The second-order valence-corrected chi connectivity index (χ2v) is 9.85. The Balaban J connectivity index is 1.29. The van der Waals surface area contributed by atoms with Crippen LogP contribution in [-0.4, -0.2) is 63.7 Å². The molecule has 1 aromatic carbocycles. The maximum atomic E-state index is 4.61. The number of H-pyrrole nitrogens is 1. The maximum Gasteiger partial charge on any atom is 0.115 e. The molecule has 5 rings (SSSR count). The second-order valence-electron chi connectivity index (χ2n) is 9.85. The lowest BCUT2D eigenvalue weighted by Crippen LogP contribution is -2.41. The van der Waals surface area contributed by atoms with E-state index in [9.17, 15) is 0 Å². The number of nitrogens with one attached hydrogen (secondary N) is 2. The van der Waals surface area contributed by atoms with Gasteiger partial charge in [0.1, 0.15) is 5.69 Å². The van der Waals surface area contributed by atoms with Crippen LogP contribution in [-0.2, 0) is 6.54 Å². The highest BCUT2D eigenvalue weighted by molar-refractivity contribution is 5.92. The third-order valence-corrected chi connectivity index (χ3v) is 7.28. The van der Waals surface area contributed by atoms with Crippen molar-refractivity contribution in [3.63, 3.8) is 0 Å². The lowest BCUT2D eigenvalue weighted by Gasteiger charge is -2.31. The van der Waals surface area contributed by atoms with Crippen LogP contribution in [0.4, 0.5) is 0 Å². The number of likely N-dealkylation sites (tertiary alicyclic amines) is 2. The molecule has 2 aromatic heterocycles. The molecule has 2 aliphatic heterocycles. The lowest BCUT2D eigenvalue weighted by molar-refractivity contribution is 0.220. The molecule has 0 saturated carbocycles. The van der Waals surface area contributed by atoms with Crippen LogP contribution in [0, 0.1) is 11.8 Å². The van der Waals surface area contributed by atoms with E-state index in [4.69, 9.17) is 0 Å². The summed E-state index contributed by atoms with van der Waals surface area (Å²) in [7, 11) is 0. The second kappa shape index (κ2) is 11.1. The largest absolute Gasteiger partial charge is 0.381 e. The van der Waals surface area contributed by atoms with Crippen molar-refractivity contribution in [1.82, 2.24) is 30.3 Å². The van der Waals surface area contributed by atoms with Crippen molar-refractivity contribution in [3.8, 4) is 23.0 Å². The summed E-state index contributed by atoms with van der Waals surface area (Å²) < 4.78 is 0. The molecule has 2 fully saturated rings. The van der Waals surface area contributed by atoms with Crippen molar-refractivity contribution in [3.05, 3.63) is 54.5 Å². The van der Waals surface area contributed by atoms with Crippen LogP contribution in [0.1, 0.15) is 50.3 Å². The number of hydrogen-bond acceptors (Lipinski definition) is 5. The van der Waals surface area contributed by atoms with Crippen molar-refractivity contribution in [2.45, 2.75) is 51.6 Å². The normalized spacial score (nSPS) is 17.7. The average molecular weight is 469 g/mol. The van der Waals surface area contributed by atoms with E-state index in [1.165, 1.54) is 37.9 Å². The first-order valence-corrected chi connectivity index (χ1v) is 12.9. The van der Waals surface area contributed by atoms with E-state index in [0.29, 0.717) is 6.04 Å². The zero-order valence-corrected chi connectivity index (χ0v) is 20.8. The molecule has 4 heterocycles. The van der Waals surface area contributed by atoms with Gasteiger partial charge in [0.05, 0.1) is 17.8 Å². The van der Waals surface area contributed by atoms with Crippen LogP contribution in [0.15, 0.2) is 43.2 Å². The molecule has 0 radical (unpaired) electrons. The van der Waals surface area contributed by atoms with Crippen molar-refractivity contribution in [2.75, 3.05) is 32.7 Å². The molecule has 2 saturated heterocycles. The number of pyridine rings is 1. The summed E-state index contributed by atoms with van der Waals surface area (Å²) in [6.45, 7) is 12.6. The van der Waals surface area contributed by atoms with Gasteiger partial charge in [-0.3, -0.25) is 19.9 Å². The van der Waals surface area contributed by atoms with Crippen molar-refractivity contribution in [1.29, 1.82) is 0 Å². The Morgan fingerprint density at radius 3 is 2.69 bits per heavy atom. The van der Waals surface area contributed by atoms with E-state index < -0.39 is 0 Å². The van der Waals surface area contributed by atoms with Crippen LogP contribution >= 0.6 is 0 Å². The summed E-state index contributed by atoms with van der Waals surface area (Å²) in [5, 5.41) is 12.5. The maximum absolute atomic E-state index is 4.61. The topological polar surface area (TPSA) is 60.1 Å². The third-order valence-electron chi connectivity index (χ3n) is 7.28. The highest BCUT2D eigenvalue weighted by atomic mass is 15.2. The molecule has 0 aliphatic carbocycles. The van der Waals surface area contributed by atoms with Gasteiger partial charge in [0.25, 0.3) is 0 Å². The van der Waals surface area contributed by atoms with E-state index in [-0.39, 0.29) is 0 Å². The van der Waals surface area contributed by atoms with Gasteiger partial charge in [-0.2, -0.15) is 5.10 Å². The van der Waals surface area contributed by atoms with Crippen LogP contribution in [0.5, 0.6) is 0 Å².